The van der Waals surface area contributed by atoms with Gasteiger partial charge in [0.25, 0.3) is 5.91 Å². The quantitative estimate of drug-likeness (QED) is 0.761. The van der Waals surface area contributed by atoms with Crippen molar-refractivity contribution in [2.75, 3.05) is 32.1 Å². The van der Waals surface area contributed by atoms with E-state index in [9.17, 15) is 4.79 Å². The zero-order valence-electron chi connectivity index (χ0n) is 11.7. The lowest BCUT2D eigenvalue weighted by atomic mass is 9.86. The van der Waals surface area contributed by atoms with Crippen LogP contribution in [0.15, 0.2) is 18.2 Å². The summed E-state index contributed by atoms with van der Waals surface area (Å²) >= 11 is 6.08. The van der Waals surface area contributed by atoms with Crippen LogP contribution in [0.4, 0.5) is 5.69 Å². The second-order valence-corrected chi connectivity index (χ2v) is 5.48. The fraction of sp³-hybridized carbons (Fsp3) is 0.533. The maximum absolute atomic E-state index is 11.5. The van der Waals surface area contributed by atoms with Gasteiger partial charge in [-0.15, -0.1) is 0 Å². The largest absolute Gasteiger partial charge is 0.383 e. The molecule has 5 heteroatoms. The molecule has 20 heavy (non-hydrogen) atoms. The number of amides is 1. The summed E-state index contributed by atoms with van der Waals surface area (Å²) < 4.78 is 5.61. The van der Waals surface area contributed by atoms with Crippen LogP contribution in [-0.2, 0) is 4.74 Å². The second kappa shape index (κ2) is 7.50. The minimum Gasteiger partial charge on any atom is -0.383 e. The first-order valence-corrected chi connectivity index (χ1v) is 7.41. The number of hydrogen-bond acceptors (Lipinski definition) is 3. The van der Waals surface area contributed by atoms with Gasteiger partial charge in [0.15, 0.2) is 0 Å². The van der Waals surface area contributed by atoms with Crippen LogP contribution in [0.2, 0.25) is 5.02 Å². The third-order valence-corrected chi connectivity index (χ3v) is 3.91. The minimum atomic E-state index is -0.176. The van der Waals surface area contributed by atoms with Crippen molar-refractivity contribution in [2.45, 2.75) is 19.3 Å². The van der Waals surface area contributed by atoms with E-state index in [1.165, 1.54) is 19.3 Å². The van der Waals surface area contributed by atoms with Gasteiger partial charge in [-0.2, -0.15) is 0 Å². The molecule has 1 amide bonds. The predicted molar refractivity (Wildman–Crippen MR) is 81.5 cm³/mol. The van der Waals surface area contributed by atoms with E-state index < -0.39 is 0 Å². The molecule has 1 aromatic rings. The molecule has 0 aliphatic heterocycles. The van der Waals surface area contributed by atoms with Gasteiger partial charge in [0.2, 0.25) is 0 Å². The molecule has 0 spiro atoms. The van der Waals surface area contributed by atoms with Crippen LogP contribution in [0, 0.1) is 5.92 Å². The van der Waals surface area contributed by atoms with Gasteiger partial charge in [0.05, 0.1) is 17.2 Å². The average molecular weight is 297 g/mol. The highest BCUT2D eigenvalue weighted by atomic mass is 35.5. The van der Waals surface area contributed by atoms with Crippen molar-refractivity contribution >= 4 is 23.2 Å². The number of anilines is 1. The van der Waals surface area contributed by atoms with Gasteiger partial charge >= 0.3 is 0 Å². The number of ether oxygens (including phenoxy) is 1. The van der Waals surface area contributed by atoms with E-state index in [-0.39, 0.29) is 5.91 Å². The summed E-state index contributed by atoms with van der Waals surface area (Å²) in [5.41, 5.74) is 1.39. The summed E-state index contributed by atoms with van der Waals surface area (Å²) in [6.45, 7) is 2.30. The fourth-order valence-electron chi connectivity index (χ4n) is 2.12. The maximum atomic E-state index is 11.5. The molecule has 0 aromatic heterocycles. The summed E-state index contributed by atoms with van der Waals surface area (Å²) in [6.07, 6.45) is 3.97. The molecule has 1 saturated carbocycles. The summed E-state index contributed by atoms with van der Waals surface area (Å²) in [5.74, 6) is 0.599. The monoisotopic (exact) mass is 296 g/mol. The van der Waals surface area contributed by atoms with Gasteiger partial charge in [-0.05, 0) is 37.0 Å². The van der Waals surface area contributed by atoms with E-state index in [0.29, 0.717) is 17.2 Å². The first-order valence-electron chi connectivity index (χ1n) is 7.04. The van der Waals surface area contributed by atoms with Crippen LogP contribution in [0.5, 0.6) is 0 Å². The van der Waals surface area contributed by atoms with E-state index in [1.54, 1.807) is 19.2 Å². The Morgan fingerprint density at radius 1 is 1.45 bits per heavy atom. The highest BCUT2D eigenvalue weighted by molar-refractivity contribution is 6.34. The molecule has 4 nitrogen and oxygen atoms in total. The lowest BCUT2D eigenvalue weighted by molar-refractivity contribution is 0.0767. The number of benzene rings is 1. The van der Waals surface area contributed by atoms with Crippen molar-refractivity contribution in [1.29, 1.82) is 0 Å². The van der Waals surface area contributed by atoms with Crippen molar-refractivity contribution in [2.24, 2.45) is 5.92 Å². The molecular formula is C15H21ClN2O2. The minimum absolute atomic E-state index is 0.176. The van der Waals surface area contributed by atoms with Crippen LogP contribution >= 0.6 is 11.6 Å². The predicted octanol–water partition coefficient (Wildman–Crippen LogP) is 2.93. The summed E-state index contributed by atoms with van der Waals surface area (Å²) in [4.78, 5) is 11.5. The molecule has 1 aliphatic rings. The van der Waals surface area contributed by atoms with Crippen LogP contribution in [0.3, 0.4) is 0 Å². The van der Waals surface area contributed by atoms with Crippen LogP contribution in [0.25, 0.3) is 0 Å². The molecule has 0 unspecified atom stereocenters. The van der Waals surface area contributed by atoms with E-state index in [2.05, 4.69) is 10.6 Å². The Morgan fingerprint density at radius 3 is 2.85 bits per heavy atom. The lowest BCUT2D eigenvalue weighted by Crippen LogP contribution is -2.20. The Kier molecular flexibility index (Phi) is 5.68. The molecule has 110 valence electrons. The molecule has 1 aliphatic carbocycles. The molecule has 1 aromatic carbocycles. The fourth-order valence-corrected chi connectivity index (χ4v) is 2.39. The normalized spacial score (nSPS) is 14.7. The third-order valence-electron chi connectivity index (χ3n) is 3.59. The molecule has 0 radical (unpaired) electrons. The molecule has 0 saturated heterocycles. The van der Waals surface area contributed by atoms with Crippen molar-refractivity contribution in [3.8, 4) is 0 Å². The second-order valence-electron chi connectivity index (χ2n) is 5.07. The third kappa shape index (κ3) is 4.12. The standard InChI is InChI=1S/C15H21ClN2O2/c1-17-15(19)13-6-5-12(9-14(13)16)18-7-8-20-10-11-3-2-4-11/h5-6,9,11,18H,2-4,7-8,10H2,1H3,(H,17,19). The number of rotatable bonds is 7. The molecule has 0 heterocycles. The number of carbonyl (C=O) groups is 1. The zero-order chi connectivity index (χ0) is 14.4. The van der Waals surface area contributed by atoms with E-state index in [1.807, 2.05) is 6.07 Å². The summed E-state index contributed by atoms with van der Waals surface area (Å²) in [7, 11) is 1.59. The van der Waals surface area contributed by atoms with Gasteiger partial charge in [-0.25, -0.2) is 0 Å². The van der Waals surface area contributed by atoms with E-state index in [0.717, 1.165) is 24.8 Å². The van der Waals surface area contributed by atoms with Gasteiger partial charge in [0.1, 0.15) is 0 Å². The molecular weight excluding hydrogens is 276 g/mol. The molecule has 0 bridgehead atoms. The summed E-state index contributed by atoms with van der Waals surface area (Å²) in [6, 6.07) is 5.33. The number of carbonyl (C=O) groups excluding carboxylic acids is 1. The van der Waals surface area contributed by atoms with E-state index >= 15 is 0 Å². The first kappa shape index (κ1) is 15.1. The topological polar surface area (TPSA) is 50.4 Å². The molecule has 2 N–H and O–H groups in total. The maximum Gasteiger partial charge on any atom is 0.252 e. The van der Waals surface area contributed by atoms with Crippen molar-refractivity contribution in [1.82, 2.24) is 5.32 Å². The molecule has 2 rings (SSSR count). The average Bonchev–Trinajstić information content (AvgIpc) is 2.40. The Balaban J connectivity index is 1.72. The Hall–Kier alpha value is -1.26. The number of hydrogen-bond donors (Lipinski definition) is 2. The van der Waals surface area contributed by atoms with Gasteiger partial charge in [-0.3, -0.25) is 4.79 Å². The lowest BCUT2D eigenvalue weighted by Gasteiger charge is -2.24. The Bertz CT molecular complexity index is 461. The van der Waals surface area contributed by atoms with Crippen molar-refractivity contribution in [3.05, 3.63) is 28.8 Å². The number of halogens is 1. The van der Waals surface area contributed by atoms with Gasteiger partial charge in [0, 0.05) is 25.9 Å². The van der Waals surface area contributed by atoms with Crippen molar-refractivity contribution < 1.29 is 9.53 Å². The smallest absolute Gasteiger partial charge is 0.252 e. The Labute approximate surface area is 124 Å². The van der Waals surface area contributed by atoms with Gasteiger partial charge in [-0.1, -0.05) is 18.0 Å². The van der Waals surface area contributed by atoms with Crippen LogP contribution < -0.4 is 10.6 Å². The first-order chi connectivity index (χ1) is 9.70. The molecule has 1 fully saturated rings. The number of nitrogens with one attached hydrogen (secondary N) is 2. The molecule has 0 atom stereocenters. The highest BCUT2D eigenvalue weighted by Gasteiger charge is 2.16. The van der Waals surface area contributed by atoms with Crippen molar-refractivity contribution in [3.63, 3.8) is 0 Å². The van der Waals surface area contributed by atoms with Crippen LogP contribution in [-0.4, -0.2) is 32.7 Å². The Morgan fingerprint density at radius 2 is 2.25 bits per heavy atom. The van der Waals surface area contributed by atoms with Crippen LogP contribution in [0.1, 0.15) is 29.6 Å². The zero-order valence-corrected chi connectivity index (χ0v) is 12.5. The SMILES string of the molecule is CNC(=O)c1ccc(NCCOCC2CCC2)cc1Cl. The van der Waals surface area contributed by atoms with Gasteiger partial charge < -0.3 is 15.4 Å². The van der Waals surface area contributed by atoms with E-state index in [4.69, 9.17) is 16.3 Å². The summed E-state index contributed by atoms with van der Waals surface area (Å²) in [5, 5.41) is 6.25. The highest BCUT2D eigenvalue weighted by Crippen LogP contribution is 2.26.